The van der Waals surface area contributed by atoms with Crippen molar-refractivity contribution >= 4 is 34.6 Å². The third-order valence-corrected chi connectivity index (χ3v) is 5.37. The Balaban J connectivity index is 1.63. The number of rotatable bonds is 3. The van der Waals surface area contributed by atoms with Gasteiger partial charge in [0.2, 0.25) is 11.8 Å². The Morgan fingerprint density at radius 3 is 2.48 bits per heavy atom. The van der Waals surface area contributed by atoms with E-state index in [1.165, 1.54) is 0 Å². The Morgan fingerprint density at radius 1 is 0.828 bits per heavy atom. The Bertz CT molecular complexity index is 1150. The number of para-hydroxylation sites is 1. The van der Waals surface area contributed by atoms with E-state index in [-0.39, 0.29) is 11.8 Å². The second kappa shape index (κ2) is 7.02. The number of nitrogens with zero attached hydrogens (tertiary/aromatic N) is 1. The lowest BCUT2D eigenvalue weighted by molar-refractivity contribution is -0.116. The van der Waals surface area contributed by atoms with Crippen LogP contribution in [0.4, 0.5) is 17.1 Å². The van der Waals surface area contributed by atoms with Crippen LogP contribution in [0, 0.1) is 0 Å². The lowest BCUT2D eigenvalue weighted by Gasteiger charge is -2.18. The van der Waals surface area contributed by atoms with Crippen LogP contribution in [0.1, 0.15) is 29.0 Å². The topological polar surface area (TPSA) is 70.6 Å². The molecule has 2 heterocycles. The molecule has 3 aromatic carbocycles. The number of anilines is 2. The molecular formula is C24H19N3O2. The molecule has 2 N–H and O–H groups in total. The van der Waals surface area contributed by atoms with Crippen molar-refractivity contribution in [1.82, 2.24) is 0 Å². The van der Waals surface area contributed by atoms with Crippen LogP contribution in [0.3, 0.4) is 0 Å². The first-order chi connectivity index (χ1) is 14.2. The molecule has 0 saturated heterocycles. The predicted octanol–water partition coefficient (Wildman–Crippen LogP) is 4.43. The third-order valence-electron chi connectivity index (χ3n) is 5.37. The molecular weight excluding hydrogens is 362 g/mol. The maximum atomic E-state index is 12.9. The maximum absolute atomic E-state index is 12.9. The molecule has 0 bridgehead atoms. The molecule has 0 aromatic heterocycles. The lowest BCUT2D eigenvalue weighted by atomic mass is 9.90. The molecule has 0 spiro atoms. The van der Waals surface area contributed by atoms with Crippen molar-refractivity contribution in [2.75, 3.05) is 10.6 Å². The summed E-state index contributed by atoms with van der Waals surface area (Å²) in [5.74, 6) is -0.499. The number of benzene rings is 3. The van der Waals surface area contributed by atoms with Gasteiger partial charge in [-0.05, 0) is 47.4 Å². The van der Waals surface area contributed by atoms with Crippen molar-refractivity contribution in [2.24, 2.45) is 4.99 Å². The number of nitrogens with one attached hydrogen (secondary N) is 2. The molecule has 5 rings (SSSR count). The van der Waals surface area contributed by atoms with E-state index >= 15 is 0 Å². The molecule has 1 atom stereocenters. The second-order valence-electron chi connectivity index (χ2n) is 7.26. The average molecular weight is 381 g/mol. The van der Waals surface area contributed by atoms with Crippen LogP contribution >= 0.6 is 0 Å². The van der Waals surface area contributed by atoms with E-state index in [1.807, 2.05) is 72.8 Å². The van der Waals surface area contributed by atoms with Gasteiger partial charge in [-0.1, -0.05) is 48.5 Å². The summed E-state index contributed by atoms with van der Waals surface area (Å²) in [5.41, 5.74) is 6.07. The highest BCUT2D eigenvalue weighted by Gasteiger charge is 2.35. The SMILES string of the molecule is O=C1CCc2cc(N=C(c3ccccc3)C3C(=O)Nc4ccccc43)ccc2N1. The summed E-state index contributed by atoms with van der Waals surface area (Å²) in [6, 6.07) is 23.3. The molecule has 2 amide bonds. The monoisotopic (exact) mass is 381 g/mol. The van der Waals surface area contributed by atoms with Crippen molar-refractivity contribution < 1.29 is 9.59 Å². The molecule has 0 saturated carbocycles. The minimum absolute atomic E-state index is 0.0398. The zero-order valence-corrected chi connectivity index (χ0v) is 15.7. The molecule has 5 nitrogen and oxygen atoms in total. The average Bonchev–Trinajstić information content (AvgIpc) is 3.08. The van der Waals surface area contributed by atoms with Gasteiger partial charge in [0.25, 0.3) is 0 Å². The van der Waals surface area contributed by atoms with Gasteiger partial charge in [0, 0.05) is 17.8 Å². The Hall–Kier alpha value is -3.73. The zero-order valence-electron chi connectivity index (χ0n) is 15.7. The molecule has 1 unspecified atom stereocenters. The molecule has 0 radical (unpaired) electrons. The Morgan fingerprint density at radius 2 is 1.62 bits per heavy atom. The van der Waals surface area contributed by atoms with E-state index in [9.17, 15) is 9.59 Å². The van der Waals surface area contributed by atoms with E-state index in [0.717, 1.165) is 33.8 Å². The van der Waals surface area contributed by atoms with Crippen molar-refractivity contribution in [1.29, 1.82) is 0 Å². The van der Waals surface area contributed by atoms with Crippen molar-refractivity contribution in [3.8, 4) is 0 Å². The molecule has 2 aliphatic heterocycles. The highest BCUT2D eigenvalue weighted by Crippen LogP contribution is 2.36. The molecule has 0 fully saturated rings. The van der Waals surface area contributed by atoms with Crippen LogP contribution in [0.25, 0.3) is 0 Å². The summed E-state index contributed by atoms with van der Waals surface area (Å²) in [5, 5.41) is 5.87. The predicted molar refractivity (Wildman–Crippen MR) is 114 cm³/mol. The van der Waals surface area contributed by atoms with Gasteiger partial charge >= 0.3 is 0 Å². The largest absolute Gasteiger partial charge is 0.326 e. The summed E-state index contributed by atoms with van der Waals surface area (Å²) < 4.78 is 0. The number of hydrogen-bond donors (Lipinski definition) is 2. The van der Waals surface area contributed by atoms with Gasteiger partial charge in [-0.25, -0.2) is 0 Å². The third kappa shape index (κ3) is 3.21. The zero-order chi connectivity index (χ0) is 19.8. The number of hydrogen-bond acceptors (Lipinski definition) is 3. The van der Waals surface area contributed by atoms with Crippen molar-refractivity contribution in [3.63, 3.8) is 0 Å². The molecule has 142 valence electrons. The Labute approximate surface area is 168 Å². The lowest BCUT2D eigenvalue weighted by Crippen LogP contribution is -2.22. The fourth-order valence-corrected chi connectivity index (χ4v) is 3.96. The van der Waals surface area contributed by atoms with Crippen LogP contribution in [0.15, 0.2) is 77.8 Å². The van der Waals surface area contributed by atoms with Crippen LogP contribution in [0.5, 0.6) is 0 Å². The fraction of sp³-hybridized carbons (Fsp3) is 0.125. The highest BCUT2D eigenvalue weighted by atomic mass is 16.2. The summed E-state index contributed by atoms with van der Waals surface area (Å²) in [7, 11) is 0. The number of carbonyl (C=O) groups is 2. The molecule has 3 aromatic rings. The smallest absolute Gasteiger partial charge is 0.238 e. The van der Waals surface area contributed by atoms with Gasteiger partial charge in [0.1, 0.15) is 5.92 Å². The summed E-state index contributed by atoms with van der Waals surface area (Å²) in [6.45, 7) is 0. The maximum Gasteiger partial charge on any atom is 0.238 e. The van der Waals surface area contributed by atoms with Crippen LogP contribution < -0.4 is 10.6 Å². The minimum atomic E-state index is -0.468. The first-order valence-electron chi connectivity index (χ1n) is 9.65. The van der Waals surface area contributed by atoms with Gasteiger partial charge < -0.3 is 10.6 Å². The van der Waals surface area contributed by atoms with E-state index in [0.29, 0.717) is 18.6 Å². The Kier molecular flexibility index (Phi) is 4.21. The summed E-state index contributed by atoms with van der Waals surface area (Å²) >= 11 is 0. The number of carbonyl (C=O) groups excluding carboxylic acids is 2. The number of aryl methyl sites for hydroxylation is 1. The quantitative estimate of drug-likeness (QED) is 0.659. The van der Waals surface area contributed by atoms with Crippen LogP contribution in [0.2, 0.25) is 0 Å². The van der Waals surface area contributed by atoms with E-state index in [2.05, 4.69) is 10.6 Å². The van der Waals surface area contributed by atoms with E-state index in [1.54, 1.807) is 0 Å². The number of fused-ring (bicyclic) bond motifs is 2. The minimum Gasteiger partial charge on any atom is -0.326 e. The second-order valence-corrected chi connectivity index (χ2v) is 7.26. The van der Waals surface area contributed by atoms with E-state index in [4.69, 9.17) is 4.99 Å². The van der Waals surface area contributed by atoms with Crippen molar-refractivity contribution in [3.05, 3.63) is 89.5 Å². The van der Waals surface area contributed by atoms with Gasteiger partial charge in [0.15, 0.2) is 0 Å². The van der Waals surface area contributed by atoms with Gasteiger partial charge in [-0.2, -0.15) is 0 Å². The number of amides is 2. The van der Waals surface area contributed by atoms with Gasteiger partial charge in [-0.3, -0.25) is 14.6 Å². The van der Waals surface area contributed by atoms with Gasteiger partial charge in [0.05, 0.1) is 11.4 Å². The summed E-state index contributed by atoms with van der Waals surface area (Å²) in [4.78, 5) is 29.4. The summed E-state index contributed by atoms with van der Waals surface area (Å²) in [6.07, 6.45) is 1.17. The molecule has 29 heavy (non-hydrogen) atoms. The first-order valence-corrected chi connectivity index (χ1v) is 9.65. The molecule has 0 aliphatic carbocycles. The highest BCUT2D eigenvalue weighted by molar-refractivity contribution is 6.24. The number of aliphatic imine (C=N–C) groups is 1. The molecule has 2 aliphatic rings. The standard InChI is InChI=1S/C24H19N3O2/c28-21-13-10-16-14-17(11-12-19(16)26-21)25-23(15-6-2-1-3-7-15)22-18-8-4-5-9-20(18)27-24(22)29/h1-9,11-12,14,22H,10,13H2,(H,26,28)(H,27,29). The first kappa shape index (κ1) is 17.4. The van der Waals surface area contributed by atoms with Crippen LogP contribution in [-0.2, 0) is 16.0 Å². The van der Waals surface area contributed by atoms with Gasteiger partial charge in [-0.15, -0.1) is 0 Å². The van der Waals surface area contributed by atoms with Crippen molar-refractivity contribution in [2.45, 2.75) is 18.8 Å². The normalized spacial score (nSPS) is 17.9. The fourth-order valence-electron chi connectivity index (χ4n) is 3.96. The van der Waals surface area contributed by atoms with E-state index < -0.39 is 5.92 Å². The van der Waals surface area contributed by atoms with Crippen LogP contribution in [-0.4, -0.2) is 17.5 Å². The molecule has 5 heteroatoms.